The number of carbonyl (C=O) groups is 1. The largest absolute Gasteiger partial charge is 0.480 e. The Bertz CT molecular complexity index is 430. The molecule has 1 N–H and O–H groups in total. The van der Waals surface area contributed by atoms with Gasteiger partial charge < -0.3 is 5.11 Å². The van der Waals surface area contributed by atoms with Crippen molar-refractivity contribution in [2.75, 3.05) is 19.3 Å². The van der Waals surface area contributed by atoms with Crippen molar-refractivity contribution >= 4 is 15.8 Å². The van der Waals surface area contributed by atoms with Crippen molar-refractivity contribution in [3.05, 3.63) is 0 Å². The Kier molecular flexibility index (Phi) is 4.50. The first-order valence-corrected chi connectivity index (χ1v) is 8.96. The van der Waals surface area contributed by atoms with Gasteiger partial charge in [0.25, 0.3) is 0 Å². The summed E-state index contributed by atoms with van der Waals surface area (Å²) in [6.07, 6.45) is 6.77. The molecule has 2 unspecified atom stereocenters. The van der Waals surface area contributed by atoms with E-state index in [1.54, 1.807) is 0 Å². The van der Waals surface area contributed by atoms with Crippen LogP contribution in [0.15, 0.2) is 0 Å². The monoisotopic (exact) mass is 289 g/mol. The van der Waals surface area contributed by atoms with Gasteiger partial charge in [0, 0.05) is 18.8 Å². The van der Waals surface area contributed by atoms with Crippen LogP contribution in [-0.2, 0) is 14.6 Å². The first-order valence-electron chi connectivity index (χ1n) is 7.01. The van der Waals surface area contributed by atoms with Crippen LogP contribution in [0.25, 0.3) is 0 Å². The molecule has 5 nitrogen and oxygen atoms in total. The highest BCUT2D eigenvalue weighted by atomic mass is 32.2. The number of nitrogens with zero attached hydrogens (tertiary/aromatic N) is 1. The van der Waals surface area contributed by atoms with E-state index < -0.39 is 15.8 Å². The molecule has 0 spiro atoms. The zero-order valence-corrected chi connectivity index (χ0v) is 12.2. The molecule has 0 radical (unpaired) electrons. The molecular weight excluding hydrogens is 266 g/mol. The SMILES string of the molecule is CS(=O)(=O)C1CCCC(N(CC(=O)O)CC2CC2)C1. The van der Waals surface area contributed by atoms with Crippen LogP contribution in [0.4, 0.5) is 0 Å². The van der Waals surface area contributed by atoms with Crippen LogP contribution in [0.3, 0.4) is 0 Å². The summed E-state index contributed by atoms with van der Waals surface area (Å²) < 4.78 is 23.4. The smallest absolute Gasteiger partial charge is 0.317 e. The summed E-state index contributed by atoms with van der Waals surface area (Å²) >= 11 is 0. The number of aliphatic carboxylic acids is 1. The van der Waals surface area contributed by atoms with Gasteiger partial charge in [-0.15, -0.1) is 0 Å². The van der Waals surface area contributed by atoms with Crippen molar-refractivity contribution in [1.29, 1.82) is 0 Å². The molecule has 2 aliphatic carbocycles. The highest BCUT2D eigenvalue weighted by Crippen LogP contribution is 2.33. The van der Waals surface area contributed by atoms with E-state index in [1.807, 2.05) is 4.90 Å². The van der Waals surface area contributed by atoms with Crippen LogP contribution < -0.4 is 0 Å². The van der Waals surface area contributed by atoms with E-state index in [9.17, 15) is 13.2 Å². The molecule has 19 heavy (non-hydrogen) atoms. The summed E-state index contributed by atoms with van der Waals surface area (Å²) in [5.74, 6) is -0.194. The highest BCUT2D eigenvalue weighted by Gasteiger charge is 2.35. The van der Waals surface area contributed by atoms with Gasteiger partial charge in [-0.3, -0.25) is 9.69 Å². The van der Waals surface area contributed by atoms with Gasteiger partial charge in [0.2, 0.25) is 0 Å². The molecule has 2 saturated carbocycles. The van der Waals surface area contributed by atoms with Gasteiger partial charge in [-0.2, -0.15) is 0 Å². The predicted octanol–water partition coefficient (Wildman–Crippen LogP) is 1.14. The normalized spacial score (nSPS) is 28.5. The fourth-order valence-corrected chi connectivity index (χ4v) is 4.16. The Labute approximate surface area is 114 Å². The quantitative estimate of drug-likeness (QED) is 0.793. The van der Waals surface area contributed by atoms with Gasteiger partial charge >= 0.3 is 5.97 Å². The third-order valence-electron chi connectivity index (χ3n) is 4.25. The molecule has 2 rings (SSSR count). The zero-order valence-electron chi connectivity index (χ0n) is 11.4. The fraction of sp³-hybridized carbons (Fsp3) is 0.923. The van der Waals surface area contributed by atoms with Gasteiger partial charge in [0.05, 0.1) is 11.8 Å². The van der Waals surface area contributed by atoms with E-state index in [4.69, 9.17) is 5.11 Å². The molecule has 0 bridgehead atoms. The van der Waals surface area contributed by atoms with Gasteiger partial charge in [0.1, 0.15) is 9.84 Å². The second-order valence-corrected chi connectivity index (χ2v) is 8.36. The zero-order chi connectivity index (χ0) is 14.0. The lowest BCUT2D eigenvalue weighted by atomic mass is 9.93. The van der Waals surface area contributed by atoms with E-state index >= 15 is 0 Å². The predicted molar refractivity (Wildman–Crippen MR) is 72.8 cm³/mol. The Morgan fingerprint density at radius 2 is 1.95 bits per heavy atom. The lowest BCUT2D eigenvalue weighted by Crippen LogP contribution is -2.45. The van der Waals surface area contributed by atoms with Crippen molar-refractivity contribution in [3.8, 4) is 0 Å². The summed E-state index contributed by atoms with van der Waals surface area (Å²) in [6.45, 7) is 0.852. The maximum Gasteiger partial charge on any atom is 0.317 e. The van der Waals surface area contributed by atoms with E-state index in [-0.39, 0.29) is 17.8 Å². The third-order valence-corrected chi connectivity index (χ3v) is 5.89. The minimum Gasteiger partial charge on any atom is -0.480 e. The second-order valence-electron chi connectivity index (χ2n) is 6.04. The van der Waals surface area contributed by atoms with Crippen molar-refractivity contribution < 1.29 is 18.3 Å². The van der Waals surface area contributed by atoms with Crippen molar-refractivity contribution in [2.45, 2.75) is 49.8 Å². The van der Waals surface area contributed by atoms with Gasteiger partial charge in [0.15, 0.2) is 0 Å². The molecule has 0 aromatic heterocycles. The van der Waals surface area contributed by atoms with Crippen molar-refractivity contribution in [3.63, 3.8) is 0 Å². The lowest BCUT2D eigenvalue weighted by molar-refractivity contribution is -0.139. The Balaban J connectivity index is 2.00. The van der Waals surface area contributed by atoms with E-state index in [1.165, 1.54) is 19.1 Å². The maximum atomic E-state index is 11.7. The summed E-state index contributed by atoms with van der Waals surface area (Å²) in [5.41, 5.74) is 0. The van der Waals surface area contributed by atoms with Crippen molar-refractivity contribution in [2.24, 2.45) is 5.92 Å². The Morgan fingerprint density at radius 1 is 1.26 bits per heavy atom. The van der Waals surface area contributed by atoms with Crippen LogP contribution in [0.2, 0.25) is 0 Å². The molecule has 2 fully saturated rings. The second kappa shape index (κ2) is 5.79. The van der Waals surface area contributed by atoms with Crippen LogP contribution in [0, 0.1) is 5.92 Å². The molecule has 0 aromatic rings. The minimum absolute atomic E-state index is 0.0393. The topological polar surface area (TPSA) is 74.7 Å². The first kappa shape index (κ1) is 14.8. The number of hydrogen-bond donors (Lipinski definition) is 1. The van der Waals surface area contributed by atoms with E-state index in [0.717, 1.165) is 25.8 Å². The maximum absolute atomic E-state index is 11.7. The van der Waals surface area contributed by atoms with Crippen molar-refractivity contribution in [1.82, 2.24) is 4.90 Å². The number of hydrogen-bond acceptors (Lipinski definition) is 4. The molecule has 110 valence electrons. The standard InChI is InChI=1S/C13H23NO4S/c1-19(17,18)12-4-2-3-11(7-12)14(9-13(15)16)8-10-5-6-10/h10-12H,2-9H2,1H3,(H,15,16). The van der Waals surface area contributed by atoms with Crippen LogP contribution >= 0.6 is 0 Å². The first-order chi connectivity index (χ1) is 8.86. The molecule has 0 aliphatic heterocycles. The van der Waals surface area contributed by atoms with Gasteiger partial charge in [-0.25, -0.2) is 8.42 Å². The Hall–Kier alpha value is -0.620. The molecule has 2 aliphatic rings. The van der Waals surface area contributed by atoms with E-state index in [0.29, 0.717) is 12.3 Å². The molecule has 0 amide bonds. The fourth-order valence-electron chi connectivity index (χ4n) is 2.99. The average Bonchev–Trinajstić information content (AvgIpc) is 3.10. The minimum atomic E-state index is -3.01. The summed E-state index contributed by atoms with van der Waals surface area (Å²) in [7, 11) is -3.01. The molecule has 0 heterocycles. The number of carboxylic acids is 1. The molecular formula is C13H23NO4S. The summed E-state index contributed by atoms with van der Waals surface area (Å²) in [5, 5.41) is 8.72. The number of sulfone groups is 1. The summed E-state index contributed by atoms with van der Waals surface area (Å²) in [6, 6.07) is 0.116. The molecule has 2 atom stereocenters. The van der Waals surface area contributed by atoms with Gasteiger partial charge in [-0.1, -0.05) is 6.42 Å². The number of rotatable bonds is 6. The summed E-state index contributed by atoms with van der Waals surface area (Å²) in [4.78, 5) is 13.0. The highest BCUT2D eigenvalue weighted by molar-refractivity contribution is 7.91. The van der Waals surface area contributed by atoms with E-state index in [2.05, 4.69) is 0 Å². The molecule has 0 saturated heterocycles. The lowest BCUT2D eigenvalue weighted by Gasteiger charge is -2.36. The molecule has 6 heteroatoms. The van der Waals surface area contributed by atoms with Gasteiger partial charge in [-0.05, 0) is 38.0 Å². The Morgan fingerprint density at radius 3 is 2.47 bits per heavy atom. The van der Waals surface area contributed by atoms with Crippen LogP contribution in [0.1, 0.15) is 38.5 Å². The number of carboxylic acid groups (broad SMARTS) is 1. The average molecular weight is 289 g/mol. The third kappa shape index (κ3) is 4.45. The van der Waals surface area contributed by atoms with Crippen LogP contribution in [-0.4, -0.2) is 55.0 Å². The van der Waals surface area contributed by atoms with Crippen LogP contribution in [0.5, 0.6) is 0 Å². The molecule has 0 aromatic carbocycles.